The highest BCUT2D eigenvalue weighted by atomic mass is 35.5. The van der Waals surface area contributed by atoms with Crippen LogP contribution in [0.4, 0.5) is 0 Å². The van der Waals surface area contributed by atoms with E-state index in [9.17, 15) is 0 Å². The van der Waals surface area contributed by atoms with E-state index in [1.165, 1.54) is 0 Å². The van der Waals surface area contributed by atoms with Crippen LogP contribution in [0.2, 0.25) is 0 Å². The zero-order chi connectivity index (χ0) is 9.68. The van der Waals surface area contributed by atoms with Gasteiger partial charge in [0.25, 0.3) is 0 Å². The summed E-state index contributed by atoms with van der Waals surface area (Å²) in [7, 11) is 0. The Hall–Kier alpha value is -0.730. The van der Waals surface area contributed by atoms with Crippen LogP contribution in [0.3, 0.4) is 0 Å². The fourth-order valence-electron chi connectivity index (χ4n) is 1.04. The molecule has 1 aromatic rings. The zero-order valence-electron chi connectivity index (χ0n) is 7.88. The predicted octanol–water partition coefficient (Wildman–Crippen LogP) is 2.72. The van der Waals surface area contributed by atoms with Gasteiger partial charge in [-0.05, 0) is 43.3 Å². The summed E-state index contributed by atoms with van der Waals surface area (Å²) in [6.45, 7) is 4.69. The minimum Gasteiger partial charge on any atom is -0.491 e. The van der Waals surface area contributed by atoms with Gasteiger partial charge in [0.2, 0.25) is 0 Å². The van der Waals surface area contributed by atoms with E-state index in [4.69, 9.17) is 16.5 Å². The summed E-state index contributed by atoms with van der Waals surface area (Å²) in [6.07, 6.45) is 0.219. The molecule has 0 unspecified atom stereocenters. The Labute approximate surface area is 84.0 Å². The van der Waals surface area contributed by atoms with Crippen molar-refractivity contribution in [2.45, 2.75) is 26.5 Å². The first kappa shape index (κ1) is 10.4. The minimum absolute atomic E-state index is 0.219. The van der Waals surface area contributed by atoms with Gasteiger partial charge in [0.1, 0.15) is 5.75 Å². The van der Waals surface area contributed by atoms with Crippen molar-refractivity contribution in [3.05, 3.63) is 29.8 Å². The largest absolute Gasteiger partial charge is 0.491 e. The summed E-state index contributed by atoms with van der Waals surface area (Å²) in [5.74, 6) is 0.897. The molecule has 0 atom stereocenters. The second-order valence-corrected chi connectivity index (χ2v) is 3.39. The Morgan fingerprint density at radius 1 is 1.31 bits per heavy atom. The van der Waals surface area contributed by atoms with Crippen molar-refractivity contribution in [1.82, 2.24) is 4.84 Å². The van der Waals surface area contributed by atoms with E-state index in [0.717, 1.165) is 11.3 Å². The number of hydrogen-bond donors (Lipinski definition) is 1. The average Bonchev–Trinajstić information content (AvgIpc) is 2.08. The number of benzene rings is 1. The highest BCUT2D eigenvalue weighted by Gasteiger charge is 1.97. The van der Waals surface area contributed by atoms with E-state index < -0.39 is 0 Å². The molecule has 0 aliphatic rings. The molecule has 0 amide bonds. The lowest BCUT2D eigenvalue weighted by atomic mass is 10.2. The van der Waals surface area contributed by atoms with Crippen molar-refractivity contribution < 1.29 is 4.74 Å². The normalized spacial score (nSPS) is 10.5. The first-order valence-electron chi connectivity index (χ1n) is 4.31. The van der Waals surface area contributed by atoms with Gasteiger partial charge in [-0.15, -0.1) is 0 Å². The van der Waals surface area contributed by atoms with Crippen LogP contribution in [-0.4, -0.2) is 6.10 Å². The van der Waals surface area contributed by atoms with Crippen molar-refractivity contribution in [2.24, 2.45) is 0 Å². The maximum atomic E-state index is 5.49. The fourth-order valence-corrected chi connectivity index (χ4v) is 1.19. The lowest BCUT2D eigenvalue weighted by Gasteiger charge is -2.09. The molecule has 0 heterocycles. The molecule has 13 heavy (non-hydrogen) atoms. The average molecular weight is 200 g/mol. The van der Waals surface area contributed by atoms with Crippen LogP contribution >= 0.6 is 11.8 Å². The lowest BCUT2D eigenvalue weighted by molar-refractivity contribution is 0.242. The smallest absolute Gasteiger partial charge is 0.119 e. The number of ether oxygens (including phenoxy) is 1. The van der Waals surface area contributed by atoms with Gasteiger partial charge in [-0.3, -0.25) is 0 Å². The predicted molar refractivity (Wildman–Crippen MR) is 54.9 cm³/mol. The number of rotatable bonds is 4. The Bertz CT molecular complexity index is 246. The van der Waals surface area contributed by atoms with E-state index in [0.29, 0.717) is 6.54 Å². The summed E-state index contributed by atoms with van der Waals surface area (Å²) < 4.78 is 5.49. The molecule has 0 aliphatic heterocycles. The molecule has 0 radical (unpaired) electrons. The summed E-state index contributed by atoms with van der Waals surface area (Å²) in [6, 6.07) is 7.88. The van der Waals surface area contributed by atoms with Crippen molar-refractivity contribution >= 4 is 11.8 Å². The molecular weight excluding hydrogens is 186 g/mol. The first-order valence-corrected chi connectivity index (χ1v) is 4.69. The lowest BCUT2D eigenvalue weighted by Crippen LogP contribution is -2.05. The fraction of sp³-hybridized carbons (Fsp3) is 0.400. The summed E-state index contributed by atoms with van der Waals surface area (Å²) in [5, 5.41) is 0. The maximum Gasteiger partial charge on any atom is 0.119 e. The molecule has 2 nitrogen and oxygen atoms in total. The van der Waals surface area contributed by atoms with E-state index in [-0.39, 0.29) is 6.10 Å². The Balaban J connectivity index is 2.59. The monoisotopic (exact) mass is 199 g/mol. The van der Waals surface area contributed by atoms with Crippen LogP contribution in [0.15, 0.2) is 24.3 Å². The van der Waals surface area contributed by atoms with Gasteiger partial charge in [-0.25, -0.2) is 4.84 Å². The third-order valence-electron chi connectivity index (χ3n) is 1.57. The topological polar surface area (TPSA) is 21.3 Å². The van der Waals surface area contributed by atoms with E-state index >= 15 is 0 Å². The SMILES string of the molecule is CC(C)Oc1ccc(CNCl)cc1. The van der Waals surface area contributed by atoms with Gasteiger partial charge >= 0.3 is 0 Å². The quantitative estimate of drug-likeness (QED) is 0.753. The molecule has 3 heteroatoms. The second kappa shape index (κ2) is 5.10. The highest BCUT2D eigenvalue weighted by molar-refractivity contribution is 6.13. The van der Waals surface area contributed by atoms with Crippen LogP contribution in [-0.2, 0) is 6.54 Å². The van der Waals surface area contributed by atoms with E-state index in [1.54, 1.807) is 0 Å². The maximum absolute atomic E-state index is 5.49. The van der Waals surface area contributed by atoms with Crippen molar-refractivity contribution in [3.63, 3.8) is 0 Å². The van der Waals surface area contributed by atoms with Gasteiger partial charge in [0.05, 0.1) is 6.10 Å². The van der Waals surface area contributed by atoms with Crippen molar-refractivity contribution in [2.75, 3.05) is 0 Å². The minimum atomic E-state index is 0.219. The van der Waals surface area contributed by atoms with E-state index in [2.05, 4.69) is 4.84 Å². The van der Waals surface area contributed by atoms with Gasteiger partial charge in [0.15, 0.2) is 0 Å². The van der Waals surface area contributed by atoms with Crippen LogP contribution in [0.5, 0.6) is 5.75 Å². The molecule has 1 aromatic carbocycles. The summed E-state index contributed by atoms with van der Waals surface area (Å²) in [5.41, 5.74) is 1.14. The van der Waals surface area contributed by atoms with Gasteiger partial charge in [-0.2, -0.15) is 0 Å². The molecule has 72 valence electrons. The zero-order valence-corrected chi connectivity index (χ0v) is 8.64. The Morgan fingerprint density at radius 2 is 1.92 bits per heavy atom. The van der Waals surface area contributed by atoms with Crippen LogP contribution in [0.25, 0.3) is 0 Å². The number of nitrogens with one attached hydrogen (secondary N) is 1. The molecule has 0 saturated carbocycles. The molecule has 0 aliphatic carbocycles. The standard InChI is InChI=1S/C10H14ClNO/c1-8(2)13-10-5-3-9(4-6-10)7-12-11/h3-6,8,12H,7H2,1-2H3. The van der Waals surface area contributed by atoms with Gasteiger partial charge in [0, 0.05) is 6.54 Å². The molecule has 1 N–H and O–H groups in total. The van der Waals surface area contributed by atoms with E-state index in [1.807, 2.05) is 38.1 Å². The molecule has 0 bridgehead atoms. The molecule has 0 aromatic heterocycles. The molecule has 1 rings (SSSR count). The Kier molecular flexibility index (Phi) is 4.06. The van der Waals surface area contributed by atoms with Gasteiger partial charge < -0.3 is 4.74 Å². The summed E-state index contributed by atoms with van der Waals surface area (Å²) >= 11 is 5.38. The molecule has 0 fully saturated rings. The van der Waals surface area contributed by atoms with Crippen LogP contribution in [0, 0.1) is 0 Å². The highest BCUT2D eigenvalue weighted by Crippen LogP contribution is 2.13. The molecule has 0 saturated heterocycles. The first-order chi connectivity index (χ1) is 6.22. The van der Waals surface area contributed by atoms with Crippen LogP contribution in [0.1, 0.15) is 19.4 Å². The van der Waals surface area contributed by atoms with Gasteiger partial charge in [-0.1, -0.05) is 12.1 Å². The van der Waals surface area contributed by atoms with Crippen LogP contribution < -0.4 is 9.57 Å². The number of hydrogen-bond acceptors (Lipinski definition) is 2. The van der Waals surface area contributed by atoms with Crippen molar-refractivity contribution in [3.8, 4) is 5.75 Å². The van der Waals surface area contributed by atoms with Crippen molar-refractivity contribution in [1.29, 1.82) is 0 Å². The molecular formula is C10H14ClNO. The molecule has 0 spiro atoms. The second-order valence-electron chi connectivity index (χ2n) is 3.12. The third-order valence-corrected chi connectivity index (χ3v) is 1.70. The number of halogens is 1. The Morgan fingerprint density at radius 3 is 2.38 bits per heavy atom. The third kappa shape index (κ3) is 3.66. The summed E-state index contributed by atoms with van der Waals surface area (Å²) in [4.78, 5) is 2.58.